The first-order chi connectivity index (χ1) is 9.79. The summed E-state index contributed by atoms with van der Waals surface area (Å²) in [5, 5.41) is 0. The summed E-state index contributed by atoms with van der Waals surface area (Å²) in [4.78, 5) is 2.43. The van der Waals surface area contributed by atoms with E-state index in [-0.39, 0.29) is 11.6 Å². The summed E-state index contributed by atoms with van der Waals surface area (Å²) in [6.07, 6.45) is 1.29. The first-order valence-electron chi connectivity index (χ1n) is 7.31. The highest BCUT2D eigenvalue weighted by molar-refractivity contribution is 5.64. The third-order valence-electron chi connectivity index (χ3n) is 4.75. The molecule has 2 heterocycles. The van der Waals surface area contributed by atoms with Gasteiger partial charge in [0.05, 0.1) is 6.61 Å². The number of anilines is 1. The molecule has 0 aliphatic carbocycles. The molecule has 4 rings (SSSR count). The lowest BCUT2D eigenvalue weighted by molar-refractivity contribution is 0.0868. The molecule has 2 aliphatic rings. The third kappa shape index (κ3) is 1.61. The number of ether oxygens (including phenoxy) is 1. The number of benzene rings is 2. The number of hydrogen-bond acceptors (Lipinski definition) is 2. The van der Waals surface area contributed by atoms with Gasteiger partial charge in [-0.25, -0.2) is 0 Å². The first-order valence-corrected chi connectivity index (χ1v) is 7.31. The van der Waals surface area contributed by atoms with Crippen LogP contribution in [-0.2, 0) is 16.7 Å². The van der Waals surface area contributed by atoms with E-state index in [1.165, 1.54) is 16.8 Å². The Bertz CT molecular complexity index is 624. The maximum Gasteiger partial charge on any atom is 0.140 e. The standard InChI is InChI=1S/C18H19NO/c1-18-11-12-20-17(18)19(13-14-7-3-2-4-8-14)16-10-6-5-9-15(16)18/h2-10,17H,11-13H2,1H3/t17-,18+/m1/s1. The fourth-order valence-electron chi connectivity index (χ4n) is 3.67. The van der Waals surface area contributed by atoms with Gasteiger partial charge in [-0.05, 0) is 23.6 Å². The van der Waals surface area contributed by atoms with Crippen LogP contribution in [0.5, 0.6) is 0 Å². The highest BCUT2D eigenvalue weighted by Gasteiger charge is 2.51. The van der Waals surface area contributed by atoms with E-state index in [9.17, 15) is 0 Å². The highest BCUT2D eigenvalue weighted by atomic mass is 16.5. The fourth-order valence-corrected chi connectivity index (χ4v) is 3.67. The van der Waals surface area contributed by atoms with E-state index in [2.05, 4.69) is 66.4 Å². The van der Waals surface area contributed by atoms with Gasteiger partial charge in [-0.15, -0.1) is 0 Å². The van der Waals surface area contributed by atoms with Gasteiger partial charge >= 0.3 is 0 Å². The minimum Gasteiger partial charge on any atom is -0.357 e. The molecule has 2 aromatic rings. The molecule has 20 heavy (non-hydrogen) atoms. The molecule has 2 atom stereocenters. The Labute approximate surface area is 120 Å². The molecule has 0 unspecified atom stereocenters. The molecule has 2 heteroatoms. The van der Waals surface area contributed by atoms with E-state index in [1.807, 2.05) is 0 Å². The molecule has 102 valence electrons. The van der Waals surface area contributed by atoms with Crippen molar-refractivity contribution in [2.75, 3.05) is 11.5 Å². The Morgan fingerprint density at radius 1 is 1.10 bits per heavy atom. The number of nitrogens with zero attached hydrogens (tertiary/aromatic N) is 1. The van der Waals surface area contributed by atoms with Gasteiger partial charge in [-0.1, -0.05) is 55.5 Å². The lowest BCUT2D eigenvalue weighted by Crippen LogP contribution is -2.39. The molecular weight excluding hydrogens is 246 g/mol. The highest BCUT2D eigenvalue weighted by Crippen LogP contribution is 2.51. The third-order valence-corrected chi connectivity index (χ3v) is 4.75. The molecule has 2 aromatic carbocycles. The van der Waals surface area contributed by atoms with Crippen LogP contribution in [0.25, 0.3) is 0 Å². The number of para-hydroxylation sites is 1. The molecule has 0 bridgehead atoms. The van der Waals surface area contributed by atoms with Crippen molar-refractivity contribution in [3.63, 3.8) is 0 Å². The van der Waals surface area contributed by atoms with Crippen LogP contribution >= 0.6 is 0 Å². The Kier molecular flexibility index (Phi) is 2.61. The molecule has 0 radical (unpaired) electrons. The fraction of sp³-hybridized carbons (Fsp3) is 0.333. The van der Waals surface area contributed by atoms with Crippen molar-refractivity contribution in [3.05, 3.63) is 65.7 Å². The SMILES string of the molecule is C[C@@]12CCO[C@H]1N(Cc1ccccc1)c1ccccc12. The minimum absolute atomic E-state index is 0.144. The van der Waals surface area contributed by atoms with Crippen molar-refractivity contribution in [2.45, 2.75) is 31.5 Å². The first kappa shape index (κ1) is 12.0. The monoisotopic (exact) mass is 265 g/mol. The van der Waals surface area contributed by atoms with Gasteiger partial charge in [0.25, 0.3) is 0 Å². The van der Waals surface area contributed by atoms with Gasteiger partial charge in [-0.2, -0.15) is 0 Å². The van der Waals surface area contributed by atoms with Gasteiger partial charge in [0, 0.05) is 17.6 Å². The Hall–Kier alpha value is -1.80. The molecular formula is C18H19NO. The van der Waals surface area contributed by atoms with E-state index in [0.717, 1.165) is 19.6 Å². The van der Waals surface area contributed by atoms with Gasteiger partial charge < -0.3 is 9.64 Å². The van der Waals surface area contributed by atoms with Crippen LogP contribution in [0.2, 0.25) is 0 Å². The quantitative estimate of drug-likeness (QED) is 0.820. The largest absolute Gasteiger partial charge is 0.357 e. The summed E-state index contributed by atoms with van der Waals surface area (Å²) in [5.74, 6) is 0. The lowest BCUT2D eigenvalue weighted by Gasteiger charge is -2.29. The van der Waals surface area contributed by atoms with E-state index in [1.54, 1.807) is 0 Å². The minimum atomic E-state index is 0.144. The summed E-state index contributed by atoms with van der Waals surface area (Å²) >= 11 is 0. The van der Waals surface area contributed by atoms with Gasteiger partial charge in [-0.3, -0.25) is 0 Å². The zero-order valence-corrected chi connectivity index (χ0v) is 11.8. The van der Waals surface area contributed by atoms with Crippen molar-refractivity contribution in [2.24, 2.45) is 0 Å². The molecule has 1 fully saturated rings. The second-order valence-electron chi connectivity index (χ2n) is 6.02. The maximum atomic E-state index is 6.07. The van der Waals surface area contributed by atoms with E-state index in [0.29, 0.717) is 0 Å². The van der Waals surface area contributed by atoms with E-state index >= 15 is 0 Å². The molecule has 0 aromatic heterocycles. The maximum absolute atomic E-state index is 6.07. The summed E-state index contributed by atoms with van der Waals surface area (Å²) in [6, 6.07) is 19.4. The van der Waals surface area contributed by atoms with Crippen LogP contribution in [-0.4, -0.2) is 12.8 Å². The average Bonchev–Trinajstić information content (AvgIpc) is 2.97. The van der Waals surface area contributed by atoms with Crippen LogP contribution in [0, 0.1) is 0 Å². The molecule has 0 amide bonds. The van der Waals surface area contributed by atoms with Gasteiger partial charge in [0.2, 0.25) is 0 Å². The summed E-state index contributed by atoms with van der Waals surface area (Å²) in [5.41, 5.74) is 4.26. The predicted octanol–water partition coefficient (Wildman–Crippen LogP) is 3.71. The summed E-state index contributed by atoms with van der Waals surface area (Å²) in [6.45, 7) is 4.12. The van der Waals surface area contributed by atoms with E-state index < -0.39 is 0 Å². The lowest BCUT2D eigenvalue weighted by atomic mass is 9.82. The average molecular weight is 265 g/mol. The van der Waals surface area contributed by atoms with Crippen molar-refractivity contribution < 1.29 is 4.74 Å². The molecule has 0 N–H and O–H groups in total. The number of rotatable bonds is 2. The van der Waals surface area contributed by atoms with Gasteiger partial charge in [0.15, 0.2) is 0 Å². The van der Waals surface area contributed by atoms with Crippen LogP contribution in [0.1, 0.15) is 24.5 Å². The molecule has 0 saturated carbocycles. The van der Waals surface area contributed by atoms with Crippen molar-refractivity contribution >= 4 is 5.69 Å². The molecule has 2 nitrogen and oxygen atoms in total. The zero-order chi connectivity index (χ0) is 13.6. The van der Waals surface area contributed by atoms with Crippen LogP contribution in [0.4, 0.5) is 5.69 Å². The smallest absolute Gasteiger partial charge is 0.140 e. The molecule has 1 saturated heterocycles. The predicted molar refractivity (Wildman–Crippen MR) is 80.8 cm³/mol. The second kappa shape index (κ2) is 4.35. The zero-order valence-electron chi connectivity index (χ0n) is 11.8. The Morgan fingerprint density at radius 2 is 1.85 bits per heavy atom. The summed E-state index contributed by atoms with van der Waals surface area (Å²) < 4.78 is 6.07. The molecule has 0 spiro atoms. The second-order valence-corrected chi connectivity index (χ2v) is 6.02. The molecule has 2 aliphatic heterocycles. The van der Waals surface area contributed by atoms with Gasteiger partial charge in [0.1, 0.15) is 6.23 Å². The Balaban J connectivity index is 1.76. The Morgan fingerprint density at radius 3 is 2.70 bits per heavy atom. The van der Waals surface area contributed by atoms with Crippen LogP contribution in [0.3, 0.4) is 0 Å². The van der Waals surface area contributed by atoms with Crippen LogP contribution < -0.4 is 4.90 Å². The normalized spacial score (nSPS) is 27.4. The van der Waals surface area contributed by atoms with Crippen LogP contribution in [0.15, 0.2) is 54.6 Å². The topological polar surface area (TPSA) is 12.5 Å². The van der Waals surface area contributed by atoms with E-state index in [4.69, 9.17) is 4.74 Å². The summed E-state index contributed by atoms with van der Waals surface area (Å²) in [7, 11) is 0. The van der Waals surface area contributed by atoms with Crippen molar-refractivity contribution in [1.29, 1.82) is 0 Å². The number of fused-ring (bicyclic) bond motifs is 3. The van der Waals surface area contributed by atoms with Crippen molar-refractivity contribution in [1.82, 2.24) is 0 Å². The number of hydrogen-bond donors (Lipinski definition) is 0. The van der Waals surface area contributed by atoms with Crippen molar-refractivity contribution in [3.8, 4) is 0 Å².